The molecule has 0 bridgehead atoms. The van der Waals surface area contributed by atoms with Gasteiger partial charge in [0.15, 0.2) is 0 Å². The van der Waals surface area contributed by atoms with Crippen LogP contribution in [-0.4, -0.2) is 0 Å². The highest BCUT2D eigenvalue weighted by Crippen LogP contribution is 2.67. The SMILES string of the molecule is CC1(C)c2ccccc2-c2cc(N(c3ccc(N4c5c(sc6ccccc56)C5Sc6ccccc6C54)cc3)c3ccc4c(c3)sc3ccccc34)ccc21. The lowest BCUT2D eigenvalue weighted by Gasteiger charge is -2.30. The quantitative estimate of drug-likeness (QED) is 0.177. The van der Waals surface area contributed by atoms with Crippen molar-refractivity contribution in [3.8, 4) is 11.1 Å². The number of hydrogen-bond acceptors (Lipinski definition) is 5. The maximum atomic E-state index is 2.64. The van der Waals surface area contributed by atoms with Gasteiger partial charge in [0.25, 0.3) is 0 Å². The molecule has 0 saturated heterocycles. The van der Waals surface area contributed by atoms with Gasteiger partial charge in [0.05, 0.1) is 17.0 Å². The molecular formula is C49H34N2S3. The van der Waals surface area contributed by atoms with Crippen molar-refractivity contribution in [2.24, 2.45) is 0 Å². The number of thioether (sulfide) groups is 1. The zero-order valence-corrected chi connectivity index (χ0v) is 32.2. The van der Waals surface area contributed by atoms with E-state index in [1.54, 1.807) is 0 Å². The molecule has 54 heavy (non-hydrogen) atoms. The first-order valence-corrected chi connectivity index (χ1v) is 21.2. The summed E-state index contributed by atoms with van der Waals surface area (Å²) in [6.07, 6.45) is 0. The number of nitrogens with zero attached hydrogens (tertiary/aromatic N) is 2. The molecule has 5 heteroatoms. The molecule has 1 aliphatic carbocycles. The number of rotatable bonds is 4. The molecule has 2 atom stereocenters. The van der Waals surface area contributed by atoms with E-state index >= 15 is 0 Å². The Morgan fingerprint density at radius 2 is 1.19 bits per heavy atom. The zero-order chi connectivity index (χ0) is 35.7. The van der Waals surface area contributed by atoms with E-state index in [9.17, 15) is 0 Å². The molecular weight excluding hydrogens is 713 g/mol. The highest BCUT2D eigenvalue weighted by atomic mass is 32.2. The van der Waals surface area contributed by atoms with E-state index in [0.29, 0.717) is 5.25 Å². The van der Waals surface area contributed by atoms with E-state index in [0.717, 1.165) is 5.69 Å². The Morgan fingerprint density at radius 3 is 2.06 bits per heavy atom. The molecule has 0 saturated carbocycles. The van der Waals surface area contributed by atoms with E-state index in [-0.39, 0.29) is 11.5 Å². The monoisotopic (exact) mass is 746 g/mol. The third kappa shape index (κ3) is 4.29. The molecule has 258 valence electrons. The van der Waals surface area contributed by atoms with Crippen LogP contribution in [0.25, 0.3) is 41.4 Å². The Hall–Kier alpha value is -5.33. The van der Waals surface area contributed by atoms with Crippen molar-refractivity contribution >= 4 is 93.1 Å². The second kappa shape index (κ2) is 11.3. The van der Waals surface area contributed by atoms with E-state index < -0.39 is 0 Å². The van der Waals surface area contributed by atoms with Gasteiger partial charge >= 0.3 is 0 Å². The first kappa shape index (κ1) is 31.1. The van der Waals surface area contributed by atoms with Gasteiger partial charge in [0.2, 0.25) is 0 Å². The van der Waals surface area contributed by atoms with Crippen LogP contribution in [0.2, 0.25) is 0 Å². The number of anilines is 5. The summed E-state index contributed by atoms with van der Waals surface area (Å²) in [6.45, 7) is 4.71. The fraction of sp³-hybridized carbons (Fsp3) is 0.102. The van der Waals surface area contributed by atoms with Crippen LogP contribution in [0.15, 0.2) is 163 Å². The fourth-order valence-corrected chi connectivity index (χ4v) is 13.5. The molecule has 2 nitrogen and oxygen atoms in total. The Morgan fingerprint density at radius 1 is 0.537 bits per heavy atom. The molecule has 0 N–H and O–H groups in total. The van der Waals surface area contributed by atoms with Crippen molar-refractivity contribution in [2.75, 3.05) is 9.80 Å². The minimum absolute atomic E-state index is 0.0394. The van der Waals surface area contributed by atoms with E-state index in [1.807, 2.05) is 34.4 Å². The van der Waals surface area contributed by atoms with E-state index in [4.69, 9.17) is 0 Å². The number of fused-ring (bicyclic) bond motifs is 13. The predicted molar refractivity (Wildman–Crippen MR) is 233 cm³/mol. The van der Waals surface area contributed by atoms with Crippen LogP contribution >= 0.6 is 34.4 Å². The summed E-state index contributed by atoms with van der Waals surface area (Å²) in [5.41, 5.74) is 13.0. The molecule has 3 aliphatic rings. The van der Waals surface area contributed by atoms with Crippen molar-refractivity contribution in [1.82, 2.24) is 0 Å². The molecule has 0 radical (unpaired) electrons. The van der Waals surface area contributed by atoms with Crippen molar-refractivity contribution in [3.63, 3.8) is 0 Å². The van der Waals surface area contributed by atoms with Gasteiger partial charge in [-0.25, -0.2) is 0 Å². The van der Waals surface area contributed by atoms with Gasteiger partial charge in [-0.2, -0.15) is 0 Å². The van der Waals surface area contributed by atoms with Gasteiger partial charge in [0, 0.05) is 68.2 Å². The lowest BCUT2D eigenvalue weighted by Crippen LogP contribution is -2.19. The average Bonchev–Trinajstić information content (AvgIpc) is 3.99. The second-order valence-electron chi connectivity index (χ2n) is 15.2. The summed E-state index contributed by atoms with van der Waals surface area (Å²) < 4.78 is 4.00. The fourth-order valence-electron chi connectivity index (χ4n) is 9.50. The van der Waals surface area contributed by atoms with Crippen molar-refractivity contribution in [2.45, 2.75) is 35.4 Å². The second-order valence-corrected chi connectivity index (χ2v) is 18.6. The summed E-state index contributed by atoms with van der Waals surface area (Å²) >= 11 is 5.88. The number of benzene rings is 7. The third-order valence-electron chi connectivity index (χ3n) is 12.0. The van der Waals surface area contributed by atoms with Gasteiger partial charge in [-0.05, 0) is 94.5 Å². The standard InChI is InChI=1S/C49H34N2S3/c1-49(2)39-15-7-3-11-33(39)38-27-31(24-26-40(38)49)50(32-23-25-35-34-12-4-8-16-41(34)52-44(35)28-32)29-19-21-30(22-20-29)51-45-36-13-5-9-17-42(36)53-47(45)48-46(51)37-14-6-10-18-43(37)54-48/h3-28,45,47H,1-2H3. The molecule has 2 unspecified atom stereocenters. The van der Waals surface area contributed by atoms with E-state index in [1.165, 1.54) is 90.6 Å². The predicted octanol–water partition coefficient (Wildman–Crippen LogP) is 15.1. The van der Waals surface area contributed by atoms with Gasteiger partial charge in [-0.3, -0.25) is 0 Å². The lowest BCUT2D eigenvalue weighted by atomic mass is 9.82. The molecule has 2 aromatic heterocycles. The Bertz CT molecular complexity index is 2990. The Balaban J connectivity index is 1.02. The van der Waals surface area contributed by atoms with Gasteiger partial charge < -0.3 is 9.80 Å². The van der Waals surface area contributed by atoms with Crippen LogP contribution in [0.4, 0.5) is 28.4 Å². The number of thiophene rings is 2. The summed E-state index contributed by atoms with van der Waals surface area (Å²) in [5, 5.41) is 4.38. The summed E-state index contributed by atoms with van der Waals surface area (Å²) in [7, 11) is 0. The van der Waals surface area contributed by atoms with Gasteiger partial charge in [-0.15, -0.1) is 34.4 Å². The Labute approximate surface area is 326 Å². The molecule has 9 aromatic rings. The zero-order valence-electron chi connectivity index (χ0n) is 29.8. The molecule has 0 amide bonds. The molecule has 0 spiro atoms. The van der Waals surface area contributed by atoms with Crippen LogP contribution in [-0.2, 0) is 5.41 Å². The number of hydrogen-bond donors (Lipinski definition) is 0. The van der Waals surface area contributed by atoms with Crippen molar-refractivity contribution in [1.29, 1.82) is 0 Å². The maximum Gasteiger partial charge on any atom is 0.0774 e. The minimum atomic E-state index is -0.0394. The van der Waals surface area contributed by atoms with Crippen LogP contribution in [0, 0.1) is 0 Å². The molecule has 7 aromatic carbocycles. The van der Waals surface area contributed by atoms with E-state index in [2.05, 4.69) is 181 Å². The first-order valence-electron chi connectivity index (χ1n) is 18.7. The van der Waals surface area contributed by atoms with Crippen LogP contribution in [0.1, 0.15) is 46.7 Å². The largest absolute Gasteiger partial charge is 0.331 e. The highest BCUT2D eigenvalue weighted by molar-refractivity contribution is 8.00. The smallest absolute Gasteiger partial charge is 0.0774 e. The van der Waals surface area contributed by atoms with Crippen molar-refractivity contribution in [3.05, 3.63) is 179 Å². The third-order valence-corrected chi connectivity index (χ3v) is 15.9. The van der Waals surface area contributed by atoms with Crippen LogP contribution in [0.3, 0.4) is 0 Å². The lowest BCUT2D eigenvalue weighted by molar-refractivity contribution is 0.660. The van der Waals surface area contributed by atoms with Gasteiger partial charge in [0.1, 0.15) is 0 Å². The minimum Gasteiger partial charge on any atom is -0.331 e. The normalized spacial score (nSPS) is 17.5. The summed E-state index contributed by atoms with van der Waals surface area (Å²) in [6, 6.07) is 59.5. The molecule has 2 aliphatic heterocycles. The van der Waals surface area contributed by atoms with Crippen LogP contribution in [0.5, 0.6) is 0 Å². The molecule has 4 heterocycles. The maximum absolute atomic E-state index is 2.64. The average molecular weight is 747 g/mol. The first-order chi connectivity index (χ1) is 26.5. The molecule has 12 rings (SSSR count). The van der Waals surface area contributed by atoms with Crippen LogP contribution < -0.4 is 9.80 Å². The summed E-state index contributed by atoms with van der Waals surface area (Å²) in [4.78, 5) is 8.00. The topological polar surface area (TPSA) is 6.48 Å². The molecule has 0 fully saturated rings. The Kier molecular flexibility index (Phi) is 6.53. The highest BCUT2D eigenvalue weighted by Gasteiger charge is 2.48. The summed E-state index contributed by atoms with van der Waals surface area (Å²) in [5.74, 6) is 0. The van der Waals surface area contributed by atoms with Crippen molar-refractivity contribution < 1.29 is 0 Å². The van der Waals surface area contributed by atoms with Gasteiger partial charge in [-0.1, -0.05) is 105 Å².